The van der Waals surface area contributed by atoms with E-state index in [2.05, 4.69) is 17.1 Å². The Hall–Kier alpha value is -0.120. The average molecular weight is 294 g/mol. The summed E-state index contributed by atoms with van der Waals surface area (Å²) < 4.78 is 6.24. The second kappa shape index (κ2) is 7.43. The summed E-state index contributed by atoms with van der Waals surface area (Å²) in [4.78, 5) is 2.83. The molecular weight excluding hydrogens is 260 g/mol. The highest BCUT2D eigenvalue weighted by molar-refractivity contribution is 4.94. The highest BCUT2D eigenvalue weighted by atomic mass is 16.5. The Morgan fingerprint density at radius 3 is 2.62 bits per heavy atom. The fourth-order valence-electron chi connectivity index (χ4n) is 4.79. The number of hydrogen-bond acceptors (Lipinski definition) is 3. The van der Waals surface area contributed by atoms with Gasteiger partial charge < -0.3 is 10.1 Å². The third kappa shape index (κ3) is 4.00. The standard InChI is InChI=1S/C18H34N2O/c1-2-12-20(15-16-5-10-19-11-6-16)17-7-13-21-18(14-17)8-3-4-9-18/h16-17,19H,2-15H2,1H3. The first-order chi connectivity index (χ1) is 10.3. The van der Waals surface area contributed by atoms with Gasteiger partial charge in [-0.05, 0) is 70.5 Å². The van der Waals surface area contributed by atoms with Gasteiger partial charge in [0.15, 0.2) is 0 Å². The van der Waals surface area contributed by atoms with Crippen LogP contribution in [0.2, 0.25) is 0 Å². The van der Waals surface area contributed by atoms with E-state index in [1.165, 1.54) is 84.0 Å². The van der Waals surface area contributed by atoms with E-state index in [9.17, 15) is 0 Å². The van der Waals surface area contributed by atoms with Crippen LogP contribution in [0, 0.1) is 5.92 Å². The van der Waals surface area contributed by atoms with Crippen LogP contribution in [0.3, 0.4) is 0 Å². The average Bonchev–Trinajstić information content (AvgIpc) is 2.96. The van der Waals surface area contributed by atoms with Crippen LogP contribution in [0.1, 0.15) is 64.7 Å². The molecule has 1 spiro atoms. The maximum absolute atomic E-state index is 6.24. The molecule has 0 aromatic carbocycles. The van der Waals surface area contributed by atoms with Gasteiger partial charge in [-0.2, -0.15) is 0 Å². The largest absolute Gasteiger partial charge is 0.375 e. The molecule has 1 unspecified atom stereocenters. The summed E-state index contributed by atoms with van der Waals surface area (Å²) in [5.41, 5.74) is 0.267. The molecule has 1 atom stereocenters. The fraction of sp³-hybridized carbons (Fsp3) is 1.00. The quantitative estimate of drug-likeness (QED) is 0.843. The van der Waals surface area contributed by atoms with Crippen LogP contribution in [-0.4, -0.2) is 49.3 Å². The second-order valence-corrected chi connectivity index (χ2v) is 7.57. The smallest absolute Gasteiger partial charge is 0.0697 e. The van der Waals surface area contributed by atoms with Gasteiger partial charge in [-0.25, -0.2) is 0 Å². The molecule has 1 N–H and O–H groups in total. The minimum Gasteiger partial charge on any atom is -0.375 e. The summed E-state index contributed by atoms with van der Waals surface area (Å²) >= 11 is 0. The Kier molecular flexibility index (Phi) is 5.58. The molecule has 3 rings (SSSR count). The highest BCUT2D eigenvalue weighted by Gasteiger charge is 2.41. The third-order valence-electron chi connectivity index (χ3n) is 5.96. The van der Waals surface area contributed by atoms with Crippen molar-refractivity contribution in [3.63, 3.8) is 0 Å². The van der Waals surface area contributed by atoms with Crippen molar-refractivity contribution in [1.82, 2.24) is 10.2 Å². The molecule has 0 bridgehead atoms. The maximum atomic E-state index is 6.24. The summed E-state index contributed by atoms with van der Waals surface area (Å²) in [6, 6.07) is 0.784. The molecule has 0 aromatic heterocycles. The summed E-state index contributed by atoms with van der Waals surface area (Å²) in [6.45, 7) is 8.39. The van der Waals surface area contributed by atoms with Gasteiger partial charge in [0.1, 0.15) is 0 Å². The van der Waals surface area contributed by atoms with Gasteiger partial charge in [0.05, 0.1) is 5.60 Å². The molecule has 21 heavy (non-hydrogen) atoms. The van der Waals surface area contributed by atoms with Gasteiger partial charge in [-0.3, -0.25) is 4.90 Å². The van der Waals surface area contributed by atoms with Crippen molar-refractivity contribution < 1.29 is 4.74 Å². The van der Waals surface area contributed by atoms with Crippen molar-refractivity contribution in [1.29, 1.82) is 0 Å². The Morgan fingerprint density at radius 2 is 1.90 bits per heavy atom. The van der Waals surface area contributed by atoms with Crippen LogP contribution in [0.4, 0.5) is 0 Å². The molecule has 122 valence electrons. The van der Waals surface area contributed by atoms with Crippen LogP contribution in [0.15, 0.2) is 0 Å². The first kappa shape index (κ1) is 15.8. The van der Waals surface area contributed by atoms with Crippen LogP contribution in [0.25, 0.3) is 0 Å². The predicted octanol–water partition coefficient (Wildman–Crippen LogP) is 3.19. The number of hydrogen-bond donors (Lipinski definition) is 1. The van der Waals surface area contributed by atoms with Gasteiger partial charge in [-0.15, -0.1) is 0 Å². The van der Waals surface area contributed by atoms with E-state index in [1.54, 1.807) is 0 Å². The Labute approximate surface area is 130 Å². The molecule has 3 aliphatic rings. The molecule has 3 nitrogen and oxygen atoms in total. The lowest BCUT2D eigenvalue weighted by Crippen LogP contribution is -2.49. The van der Waals surface area contributed by atoms with Crippen LogP contribution < -0.4 is 5.32 Å². The van der Waals surface area contributed by atoms with E-state index in [0.717, 1.165) is 18.6 Å². The van der Waals surface area contributed by atoms with Gasteiger partial charge in [0.25, 0.3) is 0 Å². The summed E-state index contributed by atoms with van der Waals surface area (Å²) in [7, 11) is 0. The van der Waals surface area contributed by atoms with E-state index in [1.807, 2.05) is 0 Å². The van der Waals surface area contributed by atoms with Crippen LogP contribution >= 0.6 is 0 Å². The molecule has 0 amide bonds. The normalized spacial score (nSPS) is 30.3. The van der Waals surface area contributed by atoms with Crippen molar-refractivity contribution in [2.45, 2.75) is 76.4 Å². The predicted molar refractivity (Wildman–Crippen MR) is 87.6 cm³/mol. The zero-order valence-electron chi connectivity index (χ0n) is 13.9. The Morgan fingerprint density at radius 1 is 1.14 bits per heavy atom. The van der Waals surface area contributed by atoms with Crippen molar-refractivity contribution in [2.75, 3.05) is 32.8 Å². The number of piperidine rings is 1. The fourth-order valence-corrected chi connectivity index (χ4v) is 4.79. The maximum Gasteiger partial charge on any atom is 0.0697 e. The van der Waals surface area contributed by atoms with E-state index < -0.39 is 0 Å². The van der Waals surface area contributed by atoms with Crippen LogP contribution in [0.5, 0.6) is 0 Å². The minimum atomic E-state index is 0.267. The van der Waals surface area contributed by atoms with Crippen molar-refractivity contribution in [3.05, 3.63) is 0 Å². The third-order valence-corrected chi connectivity index (χ3v) is 5.96. The molecule has 0 aromatic rings. The monoisotopic (exact) mass is 294 g/mol. The molecule has 3 heteroatoms. The van der Waals surface area contributed by atoms with Crippen molar-refractivity contribution >= 4 is 0 Å². The second-order valence-electron chi connectivity index (χ2n) is 7.57. The lowest BCUT2D eigenvalue weighted by Gasteiger charge is -2.44. The lowest BCUT2D eigenvalue weighted by molar-refractivity contribution is -0.103. The van der Waals surface area contributed by atoms with E-state index in [4.69, 9.17) is 4.74 Å². The summed E-state index contributed by atoms with van der Waals surface area (Å²) in [5.74, 6) is 0.917. The van der Waals surface area contributed by atoms with Gasteiger partial charge in [0, 0.05) is 19.2 Å². The number of nitrogens with one attached hydrogen (secondary N) is 1. The first-order valence-electron chi connectivity index (χ1n) is 9.40. The van der Waals surface area contributed by atoms with Crippen molar-refractivity contribution in [3.8, 4) is 0 Å². The summed E-state index contributed by atoms with van der Waals surface area (Å²) in [6.07, 6.45) is 12.0. The minimum absolute atomic E-state index is 0.267. The zero-order valence-corrected chi connectivity index (χ0v) is 13.9. The van der Waals surface area contributed by atoms with E-state index in [0.29, 0.717) is 0 Å². The SMILES string of the molecule is CCCN(CC1CCNCC1)C1CCOC2(CCCC2)C1. The topological polar surface area (TPSA) is 24.5 Å². The Balaban J connectivity index is 1.59. The highest BCUT2D eigenvalue weighted by Crippen LogP contribution is 2.41. The lowest BCUT2D eigenvalue weighted by atomic mass is 9.87. The van der Waals surface area contributed by atoms with Crippen LogP contribution in [-0.2, 0) is 4.74 Å². The molecule has 1 aliphatic carbocycles. The number of nitrogens with zero attached hydrogens (tertiary/aromatic N) is 1. The molecule has 2 aliphatic heterocycles. The molecule has 2 heterocycles. The Bertz CT molecular complexity index is 308. The van der Waals surface area contributed by atoms with Gasteiger partial charge in [0.2, 0.25) is 0 Å². The molecule has 3 fully saturated rings. The van der Waals surface area contributed by atoms with Gasteiger partial charge >= 0.3 is 0 Å². The van der Waals surface area contributed by atoms with Gasteiger partial charge in [-0.1, -0.05) is 19.8 Å². The molecular formula is C18H34N2O. The van der Waals surface area contributed by atoms with E-state index >= 15 is 0 Å². The van der Waals surface area contributed by atoms with Crippen molar-refractivity contribution in [2.24, 2.45) is 5.92 Å². The summed E-state index contributed by atoms with van der Waals surface area (Å²) in [5, 5.41) is 3.50. The molecule has 2 saturated heterocycles. The molecule has 1 saturated carbocycles. The zero-order chi connectivity index (χ0) is 14.5. The number of ether oxygens (including phenoxy) is 1. The first-order valence-corrected chi connectivity index (χ1v) is 9.40. The van der Waals surface area contributed by atoms with E-state index in [-0.39, 0.29) is 5.60 Å². The molecule has 0 radical (unpaired) electrons. The number of rotatable bonds is 5.